The number of nitrogens with zero attached hydrogens (tertiary/aromatic N) is 1. The lowest BCUT2D eigenvalue weighted by Gasteiger charge is -2.64. The number of carbonyl (C=O) groups is 3. The Morgan fingerprint density at radius 3 is 2.31 bits per heavy atom. The van der Waals surface area contributed by atoms with E-state index in [0.29, 0.717) is 43.2 Å². The van der Waals surface area contributed by atoms with Gasteiger partial charge >= 0.3 is 7.12 Å². The summed E-state index contributed by atoms with van der Waals surface area (Å²) in [4.78, 5) is 44.0. The van der Waals surface area contributed by atoms with Crippen LogP contribution in [-0.2, 0) is 18.9 Å². The van der Waals surface area contributed by atoms with Crippen molar-refractivity contribution in [1.29, 1.82) is 0 Å². The minimum absolute atomic E-state index is 0.0127. The molecule has 8 nitrogen and oxygen atoms in total. The first-order valence-corrected chi connectivity index (χ1v) is 16.8. The number of carbonyl (C=O) groups excluding carboxylic acids is 3. The summed E-state index contributed by atoms with van der Waals surface area (Å²) in [5.41, 5.74) is -0.0734. The van der Waals surface area contributed by atoms with E-state index in [2.05, 4.69) is 31.4 Å². The second-order valence-electron chi connectivity index (χ2n) is 14.7. The Balaban J connectivity index is 1.26. The molecule has 2 heterocycles. The molecule has 2 N–H and O–H groups in total. The highest BCUT2D eigenvalue weighted by molar-refractivity contribution is 6.47. The number of benzene rings is 2. The predicted octanol–water partition coefficient (Wildman–Crippen LogP) is 5.34. The Bertz CT molecular complexity index is 1420. The highest BCUT2D eigenvalue weighted by atomic mass is 16.7. The molecule has 3 aliphatic carbocycles. The van der Waals surface area contributed by atoms with E-state index in [4.69, 9.17) is 9.31 Å². The number of likely N-dealkylation sites (tertiary alicyclic amines) is 1. The standard InChI is InChI=1S/C36H48BN3O5/c1-7-29(37-44-28-22-26-21-27(34(26,4)5)35(28,6)45-37)38-32(42)30(24-15-10-8-11-16-24)40-20-14-19-36(23(2)3,33(40)43)39-31(41)25-17-12-9-13-18-25/h8-13,15-18,23,26-30H,7,14,19-22H2,1-6H3,(H,38,42)(H,39,41)/t26-,27-,28?,29+,30+,35+,36?/m1/s1. The van der Waals surface area contributed by atoms with Crippen molar-refractivity contribution in [2.45, 2.75) is 103 Å². The Morgan fingerprint density at radius 1 is 1.02 bits per heavy atom. The minimum Gasteiger partial charge on any atom is -0.404 e. The van der Waals surface area contributed by atoms with Crippen molar-refractivity contribution in [3.05, 3.63) is 71.8 Å². The highest BCUT2D eigenvalue weighted by Crippen LogP contribution is 2.65. The Hall–Kier alpha value is -3.17. The smallest absolute Gasteiger partial charge is 0.404 e. The molecule has 3 saturated carbocycles. The Kier molecular flexibility index (Phi) is 8.40. The fourth-order valence-electron chi connectivity index (χ4n) is 8.70. The van der Waals surface area contributed by atoms with Crippen LogP contribution >= 0.6 is 0 Å². The van der Waals surface area contributed by atoms with Gasteiger partial charge in [-0.3, -0.25) is 14.4 Å². The molecule has 3 amide bonds. The summed E-state index contributed by atoms with van der Waals surface area (Å²) in [6.45, 7) is 13.2. The lowest BCUT2D eigenvalue weighted by atomic mass is 9.43. The monoisotopic (exact) mass is 613 g/mol. The summed E-state index contributed by atoms with van der Waals surface area (Å²) in [6, 6.07) is 17.5. The van der Waals surface area contributed by atoms with Gasteiger partial charge in [-0.15, -0.1) is 0 Å². The lowest BCUT2D eigenvalue weighted by Crippen LogP contribution is -2.66. The van der Waals surface area contributed by atoms with Gasteiger partial charge in [0, 0.05) is 12.1 Å². The maximum Gasteiger partial charge on any atom is 0.481 e. The molecule has 9 heteroatoms. The van der Waals surface area contributed by atoms with Crippen LogP contribution in [0.3, 0.4) is 0 Å². The molecular weight excluding hydrogens is 565 g/mol. The SMILES string of the molecule is CC[C@H](NC(=O)[C@H](c1ccccc1)N1CCCC(NC(=O)c2ccccc2)(C(C)C)C1=O)B1OC2C[C@H]3C[C@H](C3(C)C)[C@]2(C)O1. The summed E-state index contributed by atoms with van der Waals surface area (Å²) >= 11 is 0. The van der Waals surface area contributed by atoms with E-state index in [1.165, 1.54) is 0 Å². The van der Waals surface area contributed by atoms with Gasteiger partial charge in [0.25, 0.3) is 5.91 Å². The van der Waals surface area contributed by atoms with Gasteiger partial charge < -0.3 is 24.8 Å². The molecule has 0 aromatic heterocycles. The van der Waals surface area contributed by atoms with Gasteiger partial charge in [0.1, 0.15) is 11.6 Å². The number of amides is 3. The molecule has 2 aromatic carbocycles. The predicted molar refractivity (Wildman–Crippen MR) is 174 cm³/mol. The Labute approximate surface area is 268 Å². The molecule has 5 aliphatic rings. The molecule has 0 spiro atoms. The summed E-state index contributed by atoms with van der Waals surface area (Å²) in [5, 5.41) is 6.37. The molecule has 2 unspecified atom stereocenters. The maximum atomic E-state index is 14.6. The first-order valence-electron chi connectivity index (χ1n) is 16.8. The number of nitrogens with one attached hydrogen (secondary N) is 2. The third-order valence-electron chi connectivity index (χ3n) is 11.7. The molecule has 7 atom stereocenters. The van der Waals surface area contributed by atoms with E-state index in [1.54, 1.807) is 17.0 Å². The topological polar surface area (TPSA) is 97.0 Å². The van der Waals surface area contributed by atoms with Crippen LogP contribution in [0.1, 0.15) is 95.6 Å². The van der Waals surface area contributed by atoms with Gasteiger partial charge in [0.05, 0.1) is 17.6 Å². The van der Waals surface area contributed by atoms with Crippen molar-refractivity contribution in [1.82, 2.24) is 15.5 Å². The molecule has 45 heavy (non-hydrogen) atoms. The molecule has 5 fully saturated rings. The largest absolute Gasteiger partial charge is 0.481 e. The van der Waals surface area contributed by atoms with E-state index < -0.39 is 18.7 Å². The first kappa shape index (κ1) is 31.8. The van der Waals surface area contributed by atoms with E-state index in [-0.39, 0.29) is 46.7 Å². The van der Waals surface area contributed by atoms with E-state index in [9.17, 15) is 14.4 Å². The molecule has 2 bridgehead atoms. The van der Waals surface area contributed by atoms with Crippen molar-refractivity contribution in [2.24, 2.45) is 23.2 Å². The van der Waals surface area contributed by atoms with E-state index >= 15 is 0 Å². The molecule has 2 aliphatic heterocycles. The highest BCUT2D eigenvalue weighted by Gasteiger charge is 2.68. The molecule has 7 rings (SSSR count). The van der Waals surface area contributed by atoms with Crippen LogP contribution in [0.4, 0.5) is 0 Å². The van der Waals surface area contributed by atoms with Crippen molar-refractivity contribution < 1.29 is 23.7 Å². The minimum atomic E-state index is -1.14. The average Bonchev–Trinajstić information content (AvgIpc) is 3.39. The van der Waals surface area contributed by atoms with Gasteiger partial charge in [-0.05, 0) is 79.9 Å². The number of piperidine rings is 1. The normalized spacial score (nSPS) is 31.5. The molecule has 0 radical (unpaired) electrons. The van der Waals surface area contributed by atoms with Gasteiger partial charge in [0.15, 0.2) is 0 Å². The zero-order chi connectivity index (χ0) is 32.1. The van der Waals surface area contributed by atoms with Gasteiger partial charge in [0.2, 0.25) is 11.8 Å². The molecule has 2 saturated heterocycles. The lowest BCUT2D eigenvalue weighted by molar-refractivity contribution is -0.199. The average molecular weight is 614 g/mol. The zero-order valence-corrected chi connectivity index (χ0v) is 27.5. The van der Waals surface area contributed by atoms with Gasteiger partial charge in [-0.1, -0.05) is 83.1 Å². The second kappa shape index (κ2) is 11.9. The van der Waals surface area contributed by atoms with Crippen LogP contribution in [0.25, 0.3) is 0 Å². The van der Waals surface area contributed by atoms with E-state index in [1.807, 2.05) is 69.3 Å². The Morgan fingerprint density at radius 2 is 1.69 bits per heavy atom. The van der Waals surface area contributed by atoms with Gasteiger partial charge in [-0.25, -0.2) is 0 Å². The first-order chi connectivity index (χ1) is 21.4. The van der Waals surface area contributed by atoms with Crippen LogP contribution in [0, 0.1) is 23.2 Å². The maximum absolute atomic E-state index is 14.6. The van der Waals surface area contributed by atoms with Crippen molar-refractivity contribution >= 4 is 24.8 Å². The molecule has 240 valence electrons. The number of hydrogen-bond donors (Lipinski definition) is 2. The quantitative estimate of drug-likeness (QED) is 0.373. The third kappa shape index (κ3) is 5.30. The van der Waals surface area contributed by atoms with E-state index in [0.717, 1.165) is 18.4 Å². The second-order valence-corrected chi connectivity index (χ2v) is 14.7. The van der Waals surface area contributed by atoms with Crippen LogP contribution in [0.5, 0.6) is 0 Å². The summed E-state index contributed by atoms with van der Waals surface area (Å²) in [7, 11) is -0.558. The molecular formula is C36H48BN3O5. The van der Waals surface area contributed by atoms with Crippen LogP contribution in [0.15, 0.2) is 60.7 Å². The number of hydrogen-bond acceptors (Lipinski definition) is 5. The molecule has 2 aromatic rings. The van der Waals surface area contributed by atoms with Crippen LogP contribution in [0.2, 0.25) is 0 Å². The number of rotatable bonds is 9. The van der Waals surface area contributed by atoms with Crippen molar-refractivity contribution in [3.63, 3.8) is 0 Å². The zero-order valence-electron chi connectivity index (χ0n) is 27.5. The fraction of sp³-hybridized carbons (Fsp3) is 0.583. The summed E-state index contributed by atoms with van der Waals surface area (Å²) < 4.78 is 13.3. The van der Waals surface area contributed by atoms with Gasteiger partial charge in [-0.2, -0.15) is 0 Å². The van der Waals surface area contributed by atoms with Crippen LogP contribution in [-0.4, -0.2) is 59.5 Å². The van der Waals surface area contributed by atoms with Crippen molar-refractivity contribution in [2.75, 3.05) is 6.54 Å². The van der Waals surface area contributed by atoms with Crippen LogP contribution < -0.4 is 10.6 Å². The third-order valence-corrected chi connectivity index (χ3v) is 11.7. The summed E-state index contributed by atoms with van der Waals surface area (Å²) in [5.74, 6) is -0.315. The van der Waals surface area contributed by atoms with Crippen molar-refractivity contribution in [3.8, 4) is 0 Å². The fourth-order valence-corrected chi connectivity index (χ4v) is 8.70. The summed E-state index contributed by atoms with van der Waals surface area (Å²) in [6.07, 6.45) is 3.92.